The molecule has 1 saturated heterocycles. The maximum Gasteiger partial charge on any atom is 0.344 e. The molecule has 0 radical (unpaired) electrons. The number of thioether (sulfide) groups is 1. The zero-order chi connectivity index (χ0) is 28.6. The number of nitrogens with zero attached hydrogens (tertiary/aromatic N) is 1. The van der Waals surface area contributed by atoms with Crippen LogP contribution in [0.1, 0.15) is 40.6 Å². The van der Waals surface area contributed by atoms with E-state index < -0.39 is 40.8 Å². The summed E-state index contributed by atoms with van der Waals surface area (Å²) in [6.07, 6.45) is 0. The van der Waals surface area contributed by atoms with Crippen LogP contribution in [0.3, 0.4) is 0 Å². The summed E-state index contributed by atoms with van der Waals surface area (Å²) in [6, 6.07) is 10.8. The summed E-state index contributed by atoms with van der Waals surface area (Å²) in [7, 11) is 0. The Morgan fingerprint density at radius 3 is 2.42 bits per heavy atom. The Kier molecular flexibility index (Phi) is 8.02. The monoisotopic (exact) mass is 602 g/mol. The number of aromatic nitrogens is 1. The van der Waals surface area contributed by atoms with Crippen molar-refractivity contribution >= 4 is 64.1 Å². The second kappa shape index (κ2) is 11.5. The van der Waals surface area contributed by atoms with Gasteiger partial charge in [0, 0.05) is 21.4 Å². The summed E-state index contributed by atoms with van der Waals surface area (Å²) in [5, 5.41) is -0.0176. The Hall–Kier alpha value is -3.61. The highest BCUT2D eigenvalue weighted by atomic mass is 35.5. The maximum atomic E-state index is 14.0. The van der Waals surface area contributed by atoms with E-state index in [2.05, 4.69) is 4.98 Å². The van der Waals surface area contributed by atoms with Crippen LogP contribution in [0.25, 0.3) is 0 Å². The smallest absolute Gasteiger partial charge is 0.344 e. The van der Waals surface area contributed by atoms with Crippen LogP contribution in [0.4, 0.5) is 5.69 Å². The highest BCUT2D eigenvalue weighted by molar-refractivity contribution is 8.00. The summed E-state index contributed by atoms with van der Waals surface area (Å²) in [6.45, 7) is 3.41. The zero-order valence-corrected chi connectivity index (χ0v) is 23.7. The highest BCUT2D eigenvalue weighted by Crippen LogP contribution is 2.54. The van der Waals surface area contributed by atoms with Crippen LogP contribution in [0.5, 0.6) is 5.75 Å². The standard InChI is InChI=1S/C27H23ClN2O8S2/c1-3-36-18(31)12-38-17-10-7-14(28)11-16(17)19-20-22(39-23-21(19)40-27(35)29-23)25(33)30(24(20)32)15-8-5-13(6-9-15)26(34)37-4-2/h5-11,19-20,22H,3-4,12H2,1-2H3,(H,29,35)/t19-,20?,22?/m1/s1. The minimum atomic E-state index is -0.899. The van der Waals surface area contributed by atoms with Crippen LogP contribution in [-0.4, -0.2) is 53.8 Å². The average Bonchev–Trinajstić information content (AvgIpc) is 3.42. The lowest BCUT2D eigenvalue weighted by Gasteiger charge is -2.31. The van der Waals surface area contributed by atoms with E-state index in [-0.39, 0.29) is 36.0 Å². The van der Waals surface area contributed by atoms with E-state index in [4.69, 9.17) is 25.8 Å². The van der Waals surface area contributed by atoms with Gasteiger partial charge in [-0.05, 0) is 56.3 Å². The Morgan fingerprint density at radius 1 is 1.00 bits per heavy atom. The summed E-state index contributed by atoms with van der Waals surface area (Å²) >= 11 is 8.43. The van der Waals surface area contributed by atoms with Gasteiger partial charge in [0.1, 0.15) is 11.0 Å². The van der Waals surface area contributed by atoms with Crippen molar-refractivity contribution in [2.75, 3.05) is 24.7 Å². The molecule has 1 aromatic heterocycles. The molecule has 2 aromatic carbocycles. The number of anilines is 1. The van der Waals surface area contributed by atoms with Gasteiger partial charge in [0.25, 0.3) is 0 Å². The van der Waals surface area contributed by atoms with Gasteiger partial charge in [0.15, 0.2) is 6.61 Å². The maximum absolute atomic E-state index is 14.0. The number of esters is 2. The third kappa shape index (κ3) is 5.14. The van der Waals surface area contributed by atoms with Gasteiger partial charge in [-0.2, -0.15) is 0 Å². The number of halogens is 1. The van der Waals surface area contributed by atoms with E-state index in [1.807, 2.05) is 0 Å². The molecule has 1 N–H and O–H groups in total. The van der Waals surface area contributed by atoms with Crippen LogP contribution in [-0.2, 0) is 23.9 Å². The number of benzene rings is 2. The first-order valence-electron chi connectivity index (χ1n) is 12.4. The first-order valence-corrected chi connectivity index (χ1v) is 14.4. The molecule has 1 fully saturated rings. The number of ether oxygens (including phenoxy) is 3. The molecule has 3 heterocycles. The number of fused-ring (bicyclic) bond motifs is 2. The third-order valence-electron chi connectivity index (χ3n) is 6.42. The molecule has 2 aliphatic heterocycles. The van der Waals surface area contributed by atoms with E-state index in [9.17, 15) is 24.0 Å². The number of amides is 2. The molecular formula is C27H23ClN2O8S2. The molecule has 3 atom stereocenters. The molecule has 0 aliphatic carbocycles. The lowest BCUT2D eigenvalue weighted by molar-refractivity contribution is -0.145. The van der Waals surface area contributed by atoms with E-state index in [0.29, 0.717) is 26.2 Å². The number of hydrogen-bond acceptors (Lipinski definition) is 10. The molecule has 208 valence electrons. The van der Waals surface area contributed by atoms with Crippen molar-refractivity contribution in [1.82, 2.24) is 4.98 Å². The van der Waals surface area contributed by atoms with Crippen molar-refractivity contribution in [2.24, 2.45) is 5.92 Å². The molecule has 2 unspecified atom stereocenters. The second-order valence-electron chi connectivity index (χ2n) is 8.80. The van der Waals surface area contributed by atoms with Crippen molar-refractivity contribution in [3.8, 4) is 5.75 Å². The van der Waals surface area contributed by atoms with Gasteiger partial charge in [-0.15, -0.1) is 0 Å². The Morgan fingerprint density at radius 2 is 1.73 bits per heavy atom. The van der Waals surface area contributed by atoms with Crippen molar-refractivity contribution in [3.05, 3.63) is 73.2 Å². The molecule has 40 heavy (non-hydrogen) atoms. The molecule has 10 nitrogen and oxygen atoms in total. The molecule has 2 amide bonds. The predicted octanol–water partition coefficient (Wildman–Crippen LogP) is 4.00. The molecule has 3 aromatic rings. The van der Waals surface area contributed by atoms with E-state index >= 15 is 0 Å². The Bertz CT molecular complexity index is 1550. The number of H-pyrrole nitrogens is 1. The summed E-state index contributed by atoms with van der Waals surface area (Å²) < 4.78 is 15.8. The second-order valence-corrected chi connectivity index (χ2v) is 11.4. The van der Waals surface area contributed by atoms with Crippen LogP contribution in [0.15, 0.2) is 52.3 Å². The van der Waals surface area contributed by atoms with E-state index in [0.717, 1.165) is 28.0 Å². The largest absolute Gasteiger partial charge is 0.482 e. The molecular weight excluding hydrogens is 580 g/mol. The number of imide groups is 1. The molecule has 0 bridgehead atoms. The zero-order valence-electron chi connectivity index (χ0n) is 21.3. The number of rotatable bonds is 8. The van der Waals surface area contributed by atoms with E-state index in [1.165, 1.54) is 24.3 Å². The van der Waals surface area contributed by atoms with Crippen LogP contribution in [0, 0.1) is 5.92 Å². The number of carbonyl (C=O) groups is 4. The molecule has 2 aliphatic rings. The summed E-state index contributed by atoms with van der Waals surface area (Å²) in [4.78, 5) is 68.3. The lowest BCUT2D eigenvalue weighted by Crippen LogP contribution is -2.32. The molecule has 0 saturated carbocycles. The Labute approximate surface area is 241 Å². The summed E-state index contributed by atoms with van der Waals surface area (Å²) in [5.41, 5.74) is 1.05. The van der Waals surface area contributed by atoms with Gasteiger partial charge in [0.2, 0.25) is 11.8 Å². The Balaban J connectivity index is 1.55. The lowest BCUT2D eigenvalue weighted by atomic mass is 9.82. The molecule has 13 heteroatoms. The van der Waals surface area contributed by atoms with Crippen molar-refractivity contribution in [1.29, 1.82) is 0 Å². The van der Waals surface area contributed by atoms with Gasteiger partial charge in [-0.1, -0.05) is 34.7 Å². The normalized spacial score (nSPS) is 19.7. The van der Waals surface area contributed by atoms with Crippen LogP contribution in [0.2, 0.25) is 5.02 Å². The minimum absolute atomic E-state index is 0.188. The summed E-state index contributed by atoms with van der Waals surface area (Å²) in [5.74, 6) is -3.40. The van der Waals surface area contributed by atoms with Gasteiger partial charge in [0.05, 0.1) is 35.4 Å². The molecule has 0 spiro atoms. The fourth-order valence-corrected chi connectivity index (χ4v) is 7.49. The van der Waals surface area contributed by atoms with Gasteiger partial charge in [-0.25, -0.2) is 14.5 Å². The predicted molar refractivity (Wildman–Crippen MR) is 148 cm³/mol. The van der Waals surface area contributed by atoms with Crippen molar-refractivity contribution in [2.45, 2.75) is 30.0 Å². The first kappa shape index (κ1) is 27.9. The minimum Gasteiger partial charge on any atom is -0.482 e. The fourth-order valence-electron chi connectivity index (χ4n) is 4.80. The SMILES string of the molecule is CCOC(=O)COc1ccc(Cl)cc1[C@H]1c2sc(=O)[nH]c2SC2C(=O)N(c3ccc(C(=O)OCC)cc3)C(=O)C21. The van der Waals surface area contributed by atoms with Gasteiger partial charge in [-0.3, -0.25) is 14.4 Å². The highest BCUT2D eigenvalue weighted by Gasteiger charge is 2.56. The molecule has 5 rings (SSSR count). The van der Waals surface area contributed by atoms with Gasteiger partial charge < -0.3 is 19.2 Å². The van der Waals surface area contributed by atoms with Crippen LogP contribution >= 0.6 is 34.7 Å². The number of hydrogen-bond donors (Lipinski definition) is 1. The number of aromatic amines is 1. The van der Waals surface area contributed by atoms with Crippen LogP contribution < -0.4 is 14.5 Å². The third-order valence-corrected chi connectivity index (χ3v) is 9.05. The van der Waals surface area contributed by atoms with Gasteiger partial charge >= 0.3 is 16.8 Å². The van der Waals surface area contributed by atoms with Crippen molar-refractivity contribution in [3.63, 3.8) is 0 Å². The van der Waals surface area contributed by atoms with Crippen molar-refractivity contribution < 1.29 is 33.4 Å². The number of carbonyl (C=O) groups excluding carboxylic acids is 4. The quantitative estimate of drug-likeness (QED) is 0.300. The first-order chi connectivity index (χ1) is 19.2. The number of thiazole rings is 1. The number of nitrogens with one attached hydrogen (secondary N) is 1. The topological polar surface area (TPSA) is 132 Å². The fraction of sp³-hybridized carbons (Fsp3) is 0.296. The van der Waals surface area contributed by atoms with E-state index in [1.54, 1.807) is 32.0 Å². The average molecular weight is 603 g/mol.